The Morgan fingerprint density at radius 2 is 1.76 bits per heavy atom. The fourth-order valence-electron chi connectivity index (χ4n) is 3.37. The molecule has 0 bridgehead atoms. The van der Waals surface area contributed by atoms with Crippen LogP contribution in [-0.2, 0) is 21.9 Å². The van der Waals surface area contributed by atoms with Crippen molar-refractivity contribution < 1.29 is 35.9 Å². The molecule has 0 amide bonds. The minimum absolute atomic E-state index is 0.162. The smallest absolute Gasteiger partial charge is 0.381 e. The number of nitrogens with zero attached hydrogens (tertiary/aromatic N) is 1. The van der Waals surface area contributed by atoms with Gasteiger partial charge in [0.2, 0.25) is 0 Å². The Morgan fingerprint density at radius 3 is 2.31 bits per heavy atom. The standard InChI is InChI=1S/C20H17F6NO2/c21-19(22,23)14-5-3-12(4-6-14)15(10-17(28)13-7-9-29-11-13)18-16(20(24,25)26)2-1-8-27-18/h1-6,8,13,15H,7,9-11H2/t13?,15-/m0/s1. The van der Waals surface area contributed by atoms with E-state index in [9.17, 15) is 31.1 Å². The number of alkyl halides is 6. The van der Waals surface area contributed by atoms with E-state index in [-0.39, 0.29) is 30.1 Å². The van der Waals surface area contributed by atoms with Gasteiger partial charge in [-0.25, -0.2) is 0 Å². The number of pyridine rings is 1. The summed E-state index contributed by atoms with van der Waals surface area (Å²) in [6, 6.07) is 5.76. The molecule has 2 atom stereocenters. The maximum atomic E-state index is 13.5. The molecule has 29 heavy (non-hydrogen) atoms. The average Bonchev–Trinajstić information content (AvgIpc) is 3.20. The molecule has 1 saturated heterocycles. The predicted octanol–water partition coefficient (Wildman–Crippen LogP) is 5.25. The van der Waals surface area contributed by atoms with E-state index in [4.69, 9.17) is 4.74 Å². The van der Waals surface area contributed by atoms with Crippen LogP contribution in [0.3, 0.4) is 0 Å². The van der Waals surface area contributed by atoms with E-state index in [1.165, 1.54) is 6.20 Å². The van der Waals surface area contributed by atoms with Crippen molar-refractivity contribution in [2.75, 3.05) is 13.2 Å². The minimum Gasteiger partial charge on any atom is -0.381 e. The highest BCUT2D eigenvalue weighted by atomic mass is 19.4. The summed E-state index contributed by atoms with van der Waals surface area (Å²) in [7, 11) is 0. The summed E-state index contributed by atoms with van der Waals surface area (Å²) in [4.78, 5) is 16.5. The van der Waals surface area contributed by atoms with Crippen molar-refractivity contribution in [3.05, 3.63) is 65.0 Å². The van der Waals surface area contributed by atoms with Crippen LogP contribution in [0.4, 0.5) is 26.3 Å². The van der Waals surface area contributed by atoms with Gasteiger partial charge in [0.1, 0.15) is 5.78 Å². The van der Waals surface area contributed by atoms with Gasteiger partial charge in [0, 0.05) is 31.1 Å². The van der Waals surface area contributed by atoms with Crippen LogP contribution in [0, 0.1) is 5.92 Å². The number of rotatable bonds is 5. The summed E-state index contributed by atoms with van der Waals surface area (Å²) in [5.41, 5.74) is -2.16. The molecule has 1 unspecified atom stereocenters. The summed E-state index contributed by atoms with van der Waals surface area (Å²) in [5, 5.41) is 0. The maximum absolute atomic E-state index is 13.5. The van der Waals surface area contributed by atoms with Crippen LogP contribution < -0.4 is 0 Å². The quantitative estimate of drug-likeness (QED) is 0.624. The van der Waals surface area contributed by atoms with E-state index < -0.39 is 35.3 Å². The number of carbonyl (C=O) groups excluding carboxylic acids is 1. The van der Waals surface area contributed by atoms with Crippen LogP contribution in [-0.4, -0.2) is 24.0 Å². The zero-order valence-electron chi connectivity index (χ0n) is 15.1. The molecule has 9 heteroatoms. The summed E-state index contributed by atoms with van der Waals surface area (Å²) in [5.74, 6) is -1.86. The van der Waals surface area contributed by atoms with E-state index in [1.54, 1.807) is 0 Å². The van der Waals surface area contributed by atoms with Gasteiger partial charge >= 0.3 is 12.4 Å². The topological polar surface area (TPSA) is 39.2 Å². The SMILES string of the molecule is O=C(C[C@@H](c1ccc(C(F)(F)F)cc1)c1ncccc1C(F)(F)F)C1CCOC1. The van der Waals surface area contributed by atoms with Gasteiger partial charge in [-0.1, -0.05) is 12.1 Å². The van der Waals surface area contributed by atoms with Crippen molar-refractivity contribution in [2.24, 2.45) is 5.92 Å². The number of halogens is 6. The minimum atomic E-state index is -4.72. The van der Waals surface area contributed by atoms with Gasteiger partial charge in [-0.15, -0.1) is 0 Å². The first-order chi connectivity index (χ1) is 13.6. The van der Waals surface area contributed by atoms with Crippen LogP contribution in [0.5, 0.6) is 0 Å². The van der Waals surface area contributed by atoms with E-state index in [1.807, 2.05) is 0 Å². The third-order valence-electron chi connectivity index (χ3n) is 4.90. The normalized spacial score (nSPS) is 18.6. The molecule has 3 rings (SSSR count). The van der Waals surface area contributed by atoms with Gasteiger partial charge in [0.15, 0.2) is 0 Å². The first-order valence-corrected chi connectivity index (χ1v) is 8.87. The lowest BCUT2D eigenvalue weighted by atomic mass is 9.84. The largest absolute Gasteiger partial charge is 0.418 e. The van der Waals surface area contributed by atoms with E-state index >= 15 is 0 Å². The number of ketones is 1. The highest BCUT2D eigenvalue weighted by molar-refractivity contribution is 5.82. The molecule has 2 heterocycles. The van der Waals surface area contributed by atoms with Crippen LogP contribution >= 0.6 is 0 Å². The van der Waals surface area contributed by atoms with E-state index in [0.29, 0.717) is 13.0 Å². The molecule has 156 valence electrons. The lowest BCUT2D eigenvalue weighted by molar-refractivity contribution is -0.139. The van der Waals surface area contributed by atoms with E-state index in [0.717, 1.165) is 36.4 Å². The van der Waals surface area contributed by atoms with Gasteiger partial charge in [0.05, 0.1) is 23.4 Å². The van der Waals surface area contributed by atoms with E-state index in [2.05, 4.69) is 4.98 Å². The molecule has 0 saturated carbocycles. The molecule has 0 spiro atoms. The Kier molecular flexibility index (Phi) is 5.97. The Balaban J connectivity index is 2.02. The van der Waals surface area contributed by atoms with Crippen molar-refractivity contribution in [1.82, 2.24) is 4.98 Å². The molecule has 0 aliphatic carbocycles. The second-order valence-electron chi connectivity index (χ2n) is 6.84. The fourth-order valence-corrected chi connectivity index (χ4v) is 3.37. The molecule has 0 N–H and O–H groups in total. The third kappa shape index (κ3) is 4.95. The predicted molar refractivity (Wildman–Crippen MR) is 91.1 cm³/mol. The van der Waals surface area contributed by atoms with Crippen LogP contribution in [0.25, 0.3) is 0 Å². The molecular weight excluding hydrogens is 400 g/mol. The molecule has 1 fully saturated rings. The zero-order valence-corrected chi connectivity index (χ0v) is 15.1. The summed E-state index contributed by atoms with van der Waals surface area (Å²) < 4.78 is 84.2. The van der Waals surface area contributed by atoms with Crippen molar-refractivity contribution >= 4 is 5.78 Å². The number of benzene rings is 1. The van der Waals surface area contributed by atoms with Gasteiger partial charge in [-0.05, 0) is 36.2 Å². The Hall–Kier alpha value is -2.42. The van der Waals surface area contributed by atoms with Crippen molar-refractivity contribution in [2.45, 2.75) is 31.1 Å². The number of hydrogen-bond acceptors (Lipinski definition) is 3. The number of aromatic nitrogens is 1. The molecule has 1 aromatic carbocycles. The fraction of sp³-hybridized carbons (Fsp3) is 0.400. The highest BCUT2D eigenvalue weighted by Crippen LogP contribution is 2.39. The number of Topliss-reactive ketones (excluding diaryl/α,β-unsaturated/α-hetero) is 1. The van der Waals surface area contributed by atoms with Gasteiger partial charge in [-0.2, -0.15) is 26.3 Å². The first kappa shape index (κ1) is 21.3. The van der Waals surface area contributed by atoms with Gasteiger partial charge in [-0.3, -0.25) is 9.78 Å². The Morgan fingerprint density at radius 1 is 1.07 bits per heavy atom. The molecule has 3 nitrogen and oxygen atoms in total. The average molecular weight is 417 g/mol. The number of carbonyl (C=O) groups is 1. The molecule has 1 aromatic heterocycles. The lowest BCUT2D eigenvalue weighted by Gasteiger charge is -2.22. The number of ether oxygens (including phenoxy) is 1. The van der Waals surface area contributed by atoms with Crippen LogP contribution in [0.2, 0.25) is 0 Å². The van der Waals surface area contributed by atoms with Crippen molar-refractivity contribution in [3.63, 3.8) is 0 Å². The number of hydrogen-bond donors (Lipinski definition) is 0. The van der Waals surface area contributed by atoms with Crippen molar-refractivity contribution in [3.8, 4) is 0 Å². The first-order valence-electron chi connectivity index (χ1n) is 8.87. The summed E-state index contributed by atoms with van der Waals surface area (Å²) >= 11 is 0. The third-order valence-corrected chi connectivity index (χ3v) is 4.90. The molecule has 1 aliphatic rings. The van der Waals surface area contributed by atoms with Gasteiger partial charge in [0.25, 0.3) is 0 Å². The summed E-state index contributed by atoms with van der Waals surface area (Å²) in [6.07, 6.45) is -7.96. The molecular formula is C20H17F6NO2. The molecule has 0 radical (unpaired) electrons. The second-order valence-corrected chi connectivity index (χ2v) is 6.84. The summed E-state index contributed by atoms with van der Waals surface area (Å²) in [6.45, 7) is 0.575. The Labute approximate surface area is 162 Å². The second kappa shape index (κ2) is 8.14. The van der Waals surface area contributed by atoms with Gasteiger partial charge < -0.3 is 4.74 Å². The lowest BCUT2D eigenvalue weighted by Crippen LogP contribution is -2.21. The zero-order chi connectivity index (χ0) is 21.2. The van der Waals surface area contributed by atoms with Crippen molar-refractivity contribution in [1.29, 1.82) is 0 Å². The van der Waals surface area contributed by atoms with Crippen LogP contribution in [0.15, 0.2) is 42.6 Å². The Bertz CT molecular complexity index is 855. The molecule has 2 aromatic rings. The molecule has 1 aliphatic heterocycles. The van der Waals surface area contributed by atoms with Crippen LogP contribution in [0.1, 0.15) is 41.1 Å². The highest BCUT2D eigenvalue weighted by Gasteiger charge is 2.38. The monoisotopic (exact) mass is 417 g/mol. The maximum Gasteiger partial charge on any atom is 0.418 e.